The van der Waals surface area contributed by atoms with E-state index in [-0.39, 0.29) is 29.7 Å². The molecule has 0 saturated heterocycles. The second kappa shape index (κ2) is 7.47. The molecule has 0 saturated carbocycles. The van der Waals surface area contributed by atoms with Crippen molar-refractivity contribution in [1.29, 1.82) is 0 Å². The van der Waals surface area contributed by atoms with E-state index < -0.39 is 6.04 Å². The highest BCUT2D eigenvalue weighted by atomic mass is 35.5. The van der Waals surface area contributed by atoms with Gasteiger partial charge in [0.05, 0.1) is 6.85 Å². The third kappa shape index (κ3) is 3.79. The lowest BCUT2D eigenvalue weighted by Crippen LogP contribution is -1.92. The van der Waals surface area contributed by atoms with Crippen LogP contribution in [0.1, 0.15) is 6.85 Å². The summed E-state index contributed by atoms with van der Waals surface area (Å²) in [5.74, 6) is 0. The highest BCUT2D eigenvalue weighted by Gasteiger charge is 2.06. The predicted octanol–water partition coefficient (Wildman–Crippen LogP) is 7.42. The SMILES string of the molecule is [2H]c1c([2H])c([2H])c(-c2cc(Nc3cccc(Cl)c3)cc(-c3ccccc3)c2)c([2H])c1[2H]. The fourth-order valence-corrected chi connectivity index (χ4v) is 2.96. The number of benzene rings is 4. The summed E-state index contributed by atoms with van der Waals surface area (Å²) in [5.41, 5.74) is 4.00. The van der Waals surface area contributed by atoms with Gasteiger partial charge in [-0.15, -0.1) is 0 Å². The van der Waals surface area contributed by atoms with Crippen molar-refractivity contribution in [3.8, 4) is 22.3 Å². The largest absolute Gasteiger partial charge is 0.355 e. The van der Waals surface area contributed by atoms with E-state index in [2.05, 4.69) is 5.32 Å². The summed E-state index contributed by atoms with van der Waals surface area (Å²) in [7, 11) is 0. The Balaban J connectivity index is 1.93. The van der Waals surface area contributed by atoms with E-state index in [4.69, 9.17) is 18.5 Å². The average Bonchev–Trinajstić information content (AvgIpc) is 2.77. The normalized spacial score (nSPS) is 13.2. The van der Waals surface area contributed by atoms with Crippen LogP contribution in [0.4, 0.5) is 11.4 Å². The van der Waals surface area contributed by atoms with Crippen molar-refractivity contribution in [2.24, 2.45) is 0 Å². The minimum atomic E-state index is -0.407. The maximum atomic E-state index is 8.36. The molecule has 0 aromatic heterocycles. The second-order valence-electron chi connectivity index (χ2n) is 5.80. The van der Waals surface area contributed by atoms with Crippen molar-refractivity contribution in [2.75, 3.05) is 5.32 Å². The Bertz CT molecular complexity index is 1250. The van der Waals surface area contributed by atoms with Gasteiger partial charge in [-0.05, 0) is 58.7 Å². The van der Waals surface area contributed by atoms with Crippen LogP contribution in [0.3, 0.4) is 0 Å². The third-order valence-corrected chi connectivity index (χ3v) is 4.18. The van der Waals surface area contributed by atoms with Gasteiger partial charge in [-0.25, -0.2) is 0 Å². The Labute approximate surface area is 165 Å². The van der Waals surface area contributed by atoms with Gasteiger partial charge in [0.15, 0.2) is 0 Å². The van der Waals surface area contributed by atoms with Crippen LogP contribution in [0.5, 0.6) is 0 Å². The van der Waals surface area contributed by atoms with E-state index >= 15 is 0 Å². The molecule has 26 heavy (non-hydrogen) atoms. The highest BCUT2D eigenvalue weighted by Crippen LogP contribution is 2.32. The van der Waals surface area contributed by atoms with E-state index in [1.54, 1.807) is 18.2 Å². The molecule has 0 heterocycles. The van der Waals surface area contributed by atoms with Gasteiger partial charge in [-0.2, -0.15) is 0 Å². The van der Waals surface area contributed by atoms with Crippen LogP contribution in [0.15, 0.2) is 103 Å². The summed E-state index contributed by atoms with van der Waals surface area (Å²) in [4.78, 5) is 0. The lowest BCUT2D eigenvalue weighted by atomic mass is 9.98. The van der Waals surface area contributed by atoms with Gasteiger partial charge in [0.1, 0.15) is 0 Å². The molecule has 4 aromatic carbocycles. The zero-order chi connectivity index (χ0) is 22.1. The molecule has 0 fully saturated rings. The number of nitrogens with one attached hydrogen (secondary N) is 1. The first kappa shape index (κ1) is 11.6. The number of hydrogen-bond acceptors (Lipinski definition) is 1. The van der Waals surface area contributed by atoms with Crippen LogP contribution in [0, 0.1) is 0 Å². The van der Waals surface area contributed by atoms with Crippen LogP contribution in [-0.4, -0.2) is 0 Å². The molecule has 0 bridgehead atoms. The van der Waals surface area contributed by atoms with E-state index in [9.17, 15) is 0 Å². The maximum absolute atomic E-state index is 8.36. The molecular weight excluding hydrogens is 338 g/mol. The van der Waals surface area contributed by atoms with E-state index in [0.29, 0.717) is 16.3 Å². The molecule has 0 atom stereocenters. The van der Waals surface area contributed by atoms with Gasteiger partial charge in [0, 0.05) is 16.4 Å². The first-order valence-electron chi connectivity index (χ1n) is 10.7. The smallest absolute Gasteiger partial charge is 0.0629 e. The predicted molar refractivity (Wildman–Crippen MR) is 112 cm³/mol. The monoisotopic (exact) mass is 360 g/mol. The number of hydrogen-bond donors (Lipinski definition) is 1. The summed E-state index contributed by atoms with van der Waals surface area (Å²) >= 11 is 6.11. The van der Waals surface area contributed by atoms with Gasteiger partial charge in [0.25, 0.3) is 0 Å². The van der Waals surface area contributed by atoms with Crippen LogP contribution in [0.25, 0.3) is 22.3 Å². The molecule has 4 aromatic rings. The lowest BCUT2D eigenvalue weighted by molar-refractivity contribution is 1.53. The molecule has 0 aliphatic carbocycles. The first-order chi connectivity index (χ1) is 14.8. The number of anilines is 2. The van der Waals surface area contributed by atoms with E-state index in [1.807, 2.05) is 54.6 Å². The molecule has 2 heteroatoms. The van der Waals surface area contributed by atoms with Crippen molar-refractivity contribution >= 4 is 23.0 Å². The zero-order valence-electron chi connectivity index (χ0n) is 18.8. The Morgan fingerprint density at radius 3 is 2.08 bits per heavy atom. The minimum absolute atomic E-state index is 0.165. The number of halogens is 1. The van der Waals surface area contributed by atoms with Crippen LogP contribution in [-0.2, 0) is 0 Å². The Morgan fingerprint density at radius 1 is 0.615 bits per heavy atom. The fourth-order valence-electron chi connectivity index (χ4n) is 2.77. The summed E-state index contributed by atoms with van der Waals surface area (Å²) in [6.07, 6.45) is 0. The van der Waals surface area contributed by atoms with Crippen molar-refractivity contribution in [2.45, 2.75) is 0 Å². The zero-order valence-corrected chi connectivity index (χ0v) is 14.6. The molecule has 0 spiro atoms. The minimum Gasteiger partial charge on any atom is -0.355 e. The van der Waals surface area contributed by atoms with E-state index in [0.717, 1.165) is 16.8 Å². The third-order valence-electron chi connectivity index (χ3n) is 3.94. The Kier molecular flexibility index (Phi) is 3.32. The fraction of sp³-hybridized carbons (Fsp3) is 0. The molecule has 0 radical (unpaired) electrons. The molecule has 126 valence electrons. The van der Waals surface area contributed by atoms with E-state index in [1.165, 1.54) is 0 Å². The summed E-state index contributed by atoms with van der Waals surface area (Å²) in [5, 5.41) is 3.90. The van der Waals surface area contributed by atoms with Crippen LogP contribution >= 0.6 is 11.6 Å². The molecule has 0 aliphatic heterocycles. The van der Waals surface area contributed by atoms with Crippen LogP contribution in [0.2, 0.25) is 5.02 Å². The molecule has 0 aliphatic rings. The lowest BCUT2D eigenvalue weighted by Gasteiger charge is -2.13. The molecule has 0 amide bonds. The van der Waals surface area contributed by atoms with Gasteiger partial charge in [-0.3, -0.25) is 0 Å². The van der Waals surface area contributed by atoms with Gasteiger partial charge in [0.2, 0.25) is 0 Å². The summed E-state index contributed by atoms with van der Waals surface area (Å²) in [6, 6.07) is 21.0. The maximum Gasteiger partial charge on any atom is 0.0629 e. The topological polar surface area (TPSA) is 12.0 Å². The molecule has 1 nitrogen and oxygen atoms in total. The first-order valence-corrected chi connectivity index (χ1v) is 8.53. The average molecular weight is 361 g/mol. The van der Waals surface area contributed by atoms with Crippen molar-refractivity contribution in [3.63, 3.8) is 0 Å². The molecule has 1 N–H and O–H groups in total. The van der Waals surface area contributed by atoms with Gasteiger partial charge >= 0.3 is 0 Å². The molecular formula is C24H18ClN. The van der Waals surface area contributed by atoms with Crippen LogP contribution < -0.4 is 5.32 Å². The van der Waals surface area contributed by atoms with Gasteiger partial charge in [-0.1, -0.05) is 78.2 Å². The Morgan fingerprint density at radius 2 is 1.35 bits per heavy atom. The Hall–Kier alpha value is -3.03. The van der Waals surface area contributed by atoms with Gasteiger partial charge < -0.3 is 5.32 Å². The van der Waals surface area contributed by atoms with Crippen molar-refractivity contribution < 1.29 is 6.85 Å². The summed E-state index contributed by atoms with van der Waals surface area (Å²) < 4.78 is 40.6. The van der Waals surface area contributed by atoms with Crippen molar-refractivity contribution in [3.05, 3.63) is 108 Å². The standard InChI is InChI=1S/C24H18ClN/c25-22-12-7-13-23(17-22)26-24-15-20(18-8-3-1-4-9-18)14-21(16-24)19-10-5-2-6-11-19/h1-17,26H/i1D,3D,4D,8D,9D. The molecule has 4 rings (SSSR count). The quantitative estimate of drug-likeness (QED) is 0.399. The molecule has 0 unspecified atom stereocenters. The van der Waals surface area contributed by atoms with Crippen molar-refractivity contribution in [1.82, 2.24) is 0 Å². The second-order valence-corrected chi connectivity index (χ2v) is 6.24. The highest BCUT2D eigenvalue weighted by molar-refractivity contribution is 6.30. The summed E-state index contributed by atoms with van der Waals surface area (Å²) in [6.45, 7) is 0. The number of rotatable bonds is 4.